The third kappa shape index (κ3) is 1.96. The summed E-state index contributed by atoms with van der Waals surface area (Å²) in [6.07, 6.45) is 5.78. The Hall–Kier alpha value is -0.760. The normalized spacial score (nSPS) is 31.6. The maximum atomic E-state index is 6.05. The fourth-order valence-electron chi connectivity index (χ4n) is 2.23. The molecule has 2 saturated carbocycles. The lowest BCUT2D eigenvalue weighted by Gasteiger charge is -2.05. The molecular formula is C13H19NO. The van der Waals surface area contributed by atoms with Gasteiger partial charge in [-0.2, -0.15) is 0 Å². The molecule has 2 unspecified atom stereocenters. The van der Waals surface area contributed by atoms with Crippen molar-refractivity contribution in [1.29, 1.82) is 0 Å². The predicted molar refractivity (Wildman–Crippen MR) is 59.7 cm³/mol. The van der Waals surface area contributed by atoms with Crippen LogP contribution in [0.15, 0.2) is 16.5 Å². The molecule has 0 aliphatic heterocycles. The summed E-state index contributed by atoms with van der Waals surface area (Å²) < 4.78 is 5.85. The van der Waals surface area contributed by atoms with Gasteiger partial charge in [0.1, 0.15) is 11.5 Å². The van der Waals surface area contributed by atoms with Gasteiger partial charge < -0.3 is 10.2 Å². The van der Waals surface area contributed by atoms with Gasteiger partial charge in [0.05, 0.1) is 0 Å². The van der Waals surface area contributed by atoms with E-state index in [1.165, 1.54) is 25.0 Å². The van der Waals surface area contributed by atoms with Crippen molar-refractivity contribution in [3.8, 4) is 0 Å². The molecule has 2 aliphatic carbocycles. The summed E-state index contributed by atoms with van der Waals surface area (Å²) in [4.78, 5) is 0. The first-order valence-electron chi connectivity index (χ1n) is 6.04. The van der Waals surface area contributed by atoms with Gasteiger partial charge in [0, 0.05) is 17.9 Å². The van der Waals surface area contributed by atoms with E-state index in [0.29, 0.717) is 5.92 Å². The van der Waals surface area contributed by atoms with Crippen LogP contribution in [0.25, 0.3) is 0 Å². The Balaban J connectivity index is 1.59. The van der Waals surface area contributed by atoms with E-state index >= 15 is 0 Å². The van der Waals surface area contributed by atoms with Crippen molar-refractivity contribution in [1.82, 2.24) is 0 Å². The van der Waals surface area contributed by atoms with E-state index in [9.17, 15) is 0 Å². The Morgan fingerprint density at radius 2 is 2.20 bits per heavy atom. The van der Waals surface area contributed by atoms with Gasteiger partial charge in [0.25, 0.3) is 0 Å². The van der Waals surface area contributed by atoms with Gasteiger partial charge in [0.15, 0.2) is 0 Å². The highest BCUT2D eigenvalue weighted by molar-refractivity contribution is 5.18. The van der Waals surface area contributed by atoms with Gasteiger partial charge in [-0.15, -0.1) is 0 Å². The SMILES string of the molecule is CC1CC1c1ccc(CCC2(N)CC2)o1. The minimum atomic E-state index is 0.153. The molecule has 0 amide bonds. The van der Waals surface area contributed by atoms with Gasteiger partial charge >= 0.3 is 0 Å². The second-order valence-electron chi connectivity index (χ2n) is 5.49. The molecule has 0 radical (unpaired) electrons. The van der Waals surface area contributed by atoms with Crippen LogP contribution >= 0.6 is 0 Å². The molecule has 2 aliphatic rings. The van der Waals surface area contributed by atoms with Crippen molar-refractivity contribution in [3.05, 3.63) is 23.7 Å². The average molecular weight is 205 g/mol. The Morgan fingerprint density at radius 1 is 1.47 bits per heavy atom. The number of nitrogens with two attached hydrogens (primary N) is 1. The van der Waals surface area contributed by atoms with E-state index in [1.54, 1.807) is 0 Å². The molecule has 1 aromatic rings. The van der Waals surface area contributed by atoms with Crippen LogP contribution in [-0.2, 0) is 6.42 Å². The van der Waals surface area contributed by atoms with E-state index < -0.39 is 0 Å². The van der Waals surface area contributed by atoms with E-state index in [-0.39, 0.29) is 5.54 Å². The lowest BCUT2D eigenvalue weighted by molar-refractivity contribution is 0.444. The Kier molecular flexibility index (Phi) is 1.96. The first-order chi connectivity index (χ1) is 7.16. The molecule has 0 saturated heterocycles. The van der Waals surface area contributed by atoms with Gasteiger partial charge in [-0.1, -0.05) is 6.92 Å². The van der Waals surface area contributed by atoms with Crippen LogP contribution in [0.1, 0.15) is 50.0 Å². The summed E-state index contributed by atoms with van der Waals surface area (Å²) in [6.45, 7) is 2.28. The zero-order valence-electron chi connectivity index (χ0n) is 9.33. The quantitative estimate of drug-likeness (QED) is 0.821. The Labute approximate surface area is 90.8 Å². The molecule has 2 atom stereocenters. The fraction of sp³-hybridized carbons (Fsp3) is 0.692. The molecule has 3 rings (SSSR count). The van der Waals surface area contributed by atoms with Crippen LogP contribution < -0.4 is 5.73 Å². The van der Waals surface area contributed by atoms with Gasteiger partial charge in [0.2, 0.25) is 0 Å². The first kappa shape index (κ1) is 9.46. The summed E-state index contributed by atoms with van der Waals surface area (Å²) >= 11 is 0. The van der Waals surface area contributed by atoms with Crippen molar-refractivity contribution >= 4 is 0 Å². The molecule has 0 aromatic carbocycles. The van der Waals surface area contributed by atoms with Crippen molar-refractivity contribution in [2.45, 2.75) is 50.5 Å². The second-order valence-corrected chi connectivity index (χ2v) is 5.49. The fourth-order valence-corrected chi connectivity index (χ4v) is 2.23. The average Bonchev–Trinajstić information content (AvgIpc) is 3.07. The zero-order valence-corrected chi connectivity index (χ0v) is 9.33. The molecule has 2 N–H and O–H groups in total. The molecule has 2 nitrogen and oxygen atoms in total. The molecule has 1 heterocycles. The largest absolute Gasteiger partial charge is 0.466 e. The molecule has 1 aromatic heterocycles. The highest BCUT2D eigenvalue weighted by atomic mass is 16.3. The number of aryl methyl sites for hydroxylation is 1. The van der Waals surface area contributed by atoms with E-state index in [4.69, 9.17) is 10.2 Å². The molecule has 0 bridgehead atoms. The first-order valence-corrected chi connectivity index (χ1v) is 6.04. The highest BCUT2D eigenvalue weighted by Gasteiger charge is 2.38. The van der Waals surface area contributed by atoms with Crippen LogP contribution in [0.4, 0.5) is 0 Å². The second kappa shape index (κ2) is 3.11. The van der Waals surface area contributed by atoms with Crippen molar-refractivity contribution in [2.75, 3.05) is 0 Å². The smallest absolute Gasteiger partial charge is 0.107 e. The molecule has 15 heavy (non-hydrogen) atoms. The van der Waals surface area contributed by atoms with E-state index in [1.807, 2.05) is 0 Å². The Bertz CT molecular complexity index is 364. The maximum Gasteiger partial charge on any atom is 0.107 e. The number of rotatable bonds is 4. The van der Waals surface area contributed by atoms with Gasteiger partial charge in [-0.3, -0.25) is 0 Å². The summed E-state index contributed by atoms with van der Waals surface area (Å²) in [6, 6.07) is 4.28. The van der Waals surface area contributed by atoms with Crippen molar-refractivity contribution < 1.29 is 4.42 Å². The molecular weight excluding hydrogens is 186 g/mol. The van der Waals surface area contributed by atoms with Crippen LogP contribution in [0.3, 0.4) is 0 Å². The summed E-state index contributed by atoms with van der Waals surface area (Å²) in [5.41, 5.74) is 6.21. The Morgan fingerprint density at radius 3 is 2.80 bits per heavy atom. The van der Waals surface area contributed by atoms with E-state index in [0.717, 1.165) is 24.5 Å². The third-order valence-corrected chi connectivity index (χ3v) is 3.92. The van der Waals surface area contributed by atoms with Crippen LogP contribution in [-0.4, -0.2) is 5.54 Å². The summed E-state index contributed by atoms with van der Waals surface area (Å²) in [7, 11) is 0. The predicted octanol–water partition coefficient (Wildman–Crippen LogP) is 2.83. The minimum Gasteiger partial charge on any atom is -0.466 e. The minimum absolute atomic E-state index is 0.153. The summed E-state index contributed by atoms with van der Waals surface area (Å²) in [5.74, 6) is 3.85. The molecule has 2 fully saturated rings. The van der Waals surface area contributed by atoms with E-state index in [2.05, 4.69) is 19.1 Å². The lowest BCUT2D eigenvalue weighted by atomic mass is 10.1. The monoisotopic (exact) mass is 205 g/mol. The molecule has 0 spiro atoms. The number of furan rings is 1. The van der Waals surface area contributed by atoms with Crippen LogP contribution in [0, 0.1) is 5.92 Å². The topological polar surface area (TPSA) is 39.2 Å². The van der Waals surface area contributed by atoms with Gasteiger partial charge in [-0.25, -0.2) is 0 Å². The zero-order chi connectivity index (χ0) is 10.5. The van der Waals surface area contributed by atoms with Gasteiger partial charge in [-0.05, 0) is 43.7 Å². The standard InChI is InChI=1S/C13H19NO/c1-9-8-11(9)12-3-2-10(15-12)4-5-13(14)6-7-13/h2-3,9,11H,4-8,14H2,1H3. The summed E-state index contributed by atoms with van der Waals surface area (Å²) in [5, 5.41) is 0. The molecule has 82 valence electrons. The van der Waals surface area contributed by atoms with Crippen LogP contribution in [0.5, 0.6) is 0 Å². The maximum absolute atomic E-state index is 6.05. The van der Waals surface area contributed by atoms with Crippen LogP contribution in [0.2, 0.25) is 0 Å². The highest BCUT2D eigenvalue weighted by Crippen LogP contribution is 2.47. The van der Waals surface area contributed by atoms with Crippen molar-refractivity contribution in [2.24, 2.45) is 11.7 Å². The van der Waals surface area contributed by atoms with Crippen molar-refractivity contribution in [3.63, 3.8) is 0 Å². The number of hydrogen-bond donors (Lipinski definition) is 1. The lowest BCUT2D eigenvalue weighted by Crippen LogP contribution is -2.21. The number of hydrogen-bond acceptors (Lipinski definition) is 2. The third-order valence-electron chi connectivity index (χ3n) is 3.92. The molecule has 2 heteroatoms.